The quantitative estimate of drug-likeness (QED) is 0.168. The highest BCUT2D eigenvalue weighted by atomic mass is 127. The zero-order valence-electron chi connectivity index (χ0n) is 21.0. The molecular weight excluding hydrogens is 559 g/mol. The lowest BCUT2D eigenvalue weighted by Crippen LogP contribution is -3.00. The number of benzene rings is 1. The molecule has 1 aromatic carbocycles. The largest absolute Gasteiger partial charge is 1.00 e. The lowest BCUT2D eigenvalue weighted by molar-refractivity contribution is -0.671. The maximum atomic E-state index is 12.6. The van der Waals surface area contributed by atoms with Crippen LogP contribution >= 0.6 is 11.6 Å². The van der Waals surface area contributed by atoms with Gasteiger partial charge in [-0.2, -0.15) is 0 Å². The van der Waals surface area contributed by atoms with E-state index in [9.17, 15) is 4.79 Å². The molecule has 0 unspecified atom stereocenters. The van der Waals surface area contributed by atoms with E-state index in [1.165, 1.54) is 70.6 Å². The van der Waals surface area contributed by atoms with Crippen LogP contribution in [0.15, 0.2) is 42.7 Å². The monoisotopic (exact) mass is 600 g/mol. The van der Waals surface area contributed by atoms with Gasteiger partial charge in [0.05, 0.1) is 17.2 Å². The third-order valence-corrected chi connectivity index (χ3v) is 6.31. The van der Waals surface area contributed by atoms with Crippen molar-refractivity contribution in [1.82, 2.24) is 5.32 Å². The molecule has 0 bridgehead atoms. The van der Waals surface area contributed by atoms with Crippen molar-refractivity contribution in [2.75, 3.05) is 6.61 Å². The van der Waals surface area contributed by atoms with E-state index in [2.05, 4.69) is 12.2 Å². The molecule has 0 atom stereocenters. The summed E-state index contributed by atoms with van der Waals surface area (Å²) in [5.41, 5.74) is 1.48. The first-order valence-corrected chi connectivity index (χ1v) is 13.1. The number of pyridine rings is 1. The number of nitrogens with zero attached hydrogens (tertiary/aromatic N) is 1. The van der Waals surface area contributed by atoms with Gasteiger partial charge in [0.25, 0.3) is 5.91 Å². The van der Waals surface area contributed by atoms with Crippen LogP contribution in [0.25, 0.3) is 0 Å². The highest BCUT2D eigenvalue weighted by molar-refractivity contribution is 6.35. The van der Waals surface area contributed by atoms with Crippen LogP contribution in [0.4, 0.5) is 0 Å². The summed E-state index contributed by atoms with van der Waals surface area (Å²) in [6.45, 7) is 3.35. The van der Waals surface area contributed by atoms with Gasteiger partial charge in [-0.05, 0) is 24.6 Å². The molecule has 0 aliphatic heterocycles. The Morgan fingerprint density at radius 2 is 1.53 bits per heavy atom. The van der Waals surface area contributed by atoms with Crippen LogP contribution in [0.1, 0.15) is 99.9 Å². The van der Waals surface area contributed by atoms with Gasteiger partial charge in [-0.15, -0.1) is 0 Å². The Kier molecular flexibility index (Phi) is 17.1. The summed E-state index contributed by atoms with van der Waals surface area (Å²) in [6.07, 6.45) is 19.7. The first-order chi connectivity index (χ1) is 16.1. The van der Waals surface area contributed by atoms with Crippen LogP contribution in [-0.4, -0.2) is 12.5 Å². The van der Waals surface area contributed by atoms with Gasteiger partial charge >= 0.3 is 0 Å². The van der Waals surface area contributed by atoms with Crippen LogP contribution in [0, 0.1) is 0 Å². The third-order valence-electron chi connectivity index (χ3n) is 5.92. The van der Waals surface area contributed by atoms with Crippen molar-refractivity contribution in [3.05, 3.63) is 58.9 Å². The predicted molar refractivity (Wildman–Crippen MR) is 137 cm³/mol. The Labute approximate surface area is 228 Å². The Morgan fingerprint density at radius 3 is 2.15 bits per heavy atom. The fraction of sp³-hybridized carbons (Fsp3) is 0.571. The summed E-state index contributed by atoms with van der Waals surface area (Å²) in [6, 6.07) is 9.33. The minimum absolute atomic E-state index is 0. The molecule has 6 heteroatoms. The van der Waals surface area contributed by atoms with E-state index in [-0.39, 0.29) is 29.9 Å². The van der Waals surface area contributed by atoms with Crippen LogP contribution in [-0.2, 0) is 13.6 Å². The number of hydrogen-bond acceptors (Lipinski definition) is 2. The summed E-state index contributed by atoms with van der Waals surface area (Å²) < 4.78 is 7.84. The molecule has 0 spiro atoms. The van der Waals surface area contributed by atoms with E-state index in [0.717, 1.165) is 12.0 Å². The molecule has 2 aromatic rings. The predicted octanol–water partition coefficient (Wildman–Crippen LogP) is 4.18. The van der Waals surface area contributed by atoms with Gasteiger partial charge in [0.2, 0.25) is 0 Å². The molecule has 0 saturated heterocycles. The molecule has 1 N–H and O–H groups in total. The zero-order valence-corrected chi connectivity index (χ0v) is 23.9. The number of rotatable bonds is 17. The molecule has 2 rings (SSSR count). The number of ether oxygens (including phenoxy) is 1. The number of halogens is 2. The molecule has 4 nitrogen and oxygen atoms in total. The van der Waals surface area contributed by atoms with Crippen LogP contribution in [0.2, 0.25) is 5.02 Å². The van der Waals surface area contributed by atoms with E-state index in [4.69, 9.17) is 16.3 Å². The Bertz CT molecular complexity index is 832. The molecular formula is C28H42ClIN2O2. The zero-order chi connectivity index (χ0) is 23.7. The fourth-order valence-electron chi connectivity index (χ4n) is 3.95. The second kappa shape index (κ2) is 18.9. The van der Waals surface area contributed by atoms with Crippen LogP contribution in [0.3, 0.4) is 0 Å². The number of unbranched alkanes of at least 4 members (excludes halogenated alkanes) is 11. The van der Waals surface area contributed by atoms with Crippen molar-refractivity contribution in [3.8, 4) is 5.75 Å². The molecule has 1 aromatic heterocycles. The van der Waals surface area contributed by atoms with Crippen LogP contribution < -0.4 is 38.6 Å². The highest BCUT2D eigenvalue weighted by Gasteiger charge is 2.14. The number of nitrogens with one attached hydrogen (secondary N) is 1. The first kappa shape index (κ1) is 30.7. The van der Waals surface area contributed by atoms with Gasteiger partial charge in [0.1, 0.15) is 12.8 Å². The number of aromatic nitrogens is 1. The van der Waals surface area contributed by atoms with Gasteiger partial charge in [0.15, 0.2) is 12.4 Å². The average molecular weight is 601 g/mol. The maximum absolute atomic E-state index is 12.6. The van der Waals surface area contributed by atoms with E-state index >= 15 is 0 Å². The van der Waals surface area contributed by atoms with Gasteiger partial charge < -0.3 is 34.0 Å². The molecule has 0 saturated carbocycles. The molecule has 190 valence electrons. The average Bonchev–Trinajstić information content (AvgIpc) is 2.81. The smallest absolute Gasteiger partial charge is 0.253 e. The van der Waals surface area contributed by atoms with E-state index < -0.39 is 0 Å². The minimum Gasteiger partial charge on any atom is -1.00 e. The Balaban J connectivity index is 0.00000578. The summed E-state index contributed by atoms with van der Waals surface area (Å²) in [5, 5.41) is 3.32. The SMILES string of the molecule is CCCCCCCCCCCCCCOc1cccc(C(=O)NCc2ccc[n+](C)c2)c1Cl.[I-]. The van der Waals surface area contributed by atoms with Crippen molar-refractivity contribution in [3.63, 3.8) is 0 Å². The Morgan fingerprint density at radius 1 is 0.912 bits per heavy atom. The molecule has 1 amide bonds. The van der Waals surface area contributed by atoms with Crippen molar-refractivity contribution in [1.29, 1.82) is 0 Å². The van der Waals surface area contributed by atoms with Crippen LogP contribution in [0.5, 0.6) is 5.75 Å². The molecule has 0 fully saturated rings. The van der Waals surface area contributed by atoms with Crippen molar-refractivity contribution < 1.29 is 38.1 Å². The maximum Gasteiger partial charge on any atom is 0.253 e. The lowest BCUT2D eigenvalue weighted by Gasteiger charge is -2.11. The third kappa shape index (κ3) is 12.4. The van der Waals surface area contributed by atoms with E-state index in [0.29, 0.717) is 29.5 Å². The minimum atomic E-state index is -0.192. The first-order valence-electron chi connectivity index (χ1n) is 12.8. The number of aryl methyl sites for hydroxylation is 1. The van der Waals surface area contributed by atoms with Crippen molar-refractivity contribution in [2.24, 2.45) is 7.05 Å². The van der Waals surface area contributed by atoms with Crippen molar-refractivity contribution >= 4 is 17.5 Å². The number of hydrogen-bond donors (Lipinski definition) is 1. The summed E-state index contributed by atoms with van der Waals surface area (Å²) in [4.78, 5) is 12.6. The topological polar surface area (TPSA) is 42.2 Å². The molecule has 0 aliphatic rings. The molecule has 34 heavy (non-hydrogen) atoms. The standard InChI is InChI=1S/C28H41ClN2O2.HI/c1-3-4-5-6-7-8-9-10-11-12-13-14-21-33-26-19-15-18-25(27(26)29)28(32)30-22-24-17-16-20-31(2)23-24;/h15-20,23H,3-14,21-22H2,1-2H3;1H. The van der Waals surface area contributed by atoms with Gasteiger partial charge in [-0.25, -0.2) is 4.57 Å². The van der Waals surface area contributed by atoms with Crippen molar-refractivity contribution in [2.45, 2.75) is 90.5 Å². The Hall–Kier alpha value is -1.34. The summed E-state index contributed by atoms with van der Waals surface area (Å²) >= 11 is 6.47. The molecule has 0 aliphatic carbocycles. The normalized spacial score (nSPS) is 10.6. The highest BCUT2D eigenvalue weighted by Crippen LogP contribution is 2.28. The number of carbonyl (C=O) groups is 1. The second-order valence-corrected chi connectivity index (χ2v) is 9.29. The number of amides is 1. The van der Waals surface area contributed by atoms with E-state index in [1.54, 1.807) is 6.07 Å². The number of carbonyl (C=O) groups excluding carboxylic acids is 1. The van der Waals surface area contributed by atoms with Gasteiger partial charge in [0, 0.05) is 18.2 Å². The van der Waals surface area contributed by atoms with Gasteiger partial charge in [-0.1, -0.05) is 95.2 Å². The fourth-order valence-corrected chi connectivity index (χ4v) is 4.22. The molecule has 0 radical (unpaired) electrons. The summed E-state index contributed by atoms with van der Waals surface area (Å²) in [7, 11) is 1.96. The molecule has 1 heterocycles. The van der Waals surface area contributed by atoms with E-state index in [1.807, 2.05) is 48.3 Å². The second-order valence-electron chi connectivity index (χ2n) is 8.92. The summed E-state index contributed by atoms with van der Waals surface area (Å²) in [5.74, 6) is 0.390. The van der Waals surface area contributed by atoms with Gasteiger partial charge in [-0.3, -0.25) is 4.79 Å². The lowest BCUT2D eigenvalue weighted by atomic mass is 10.1.